The van der Waals surface area contributed by atoms with Crippen LogP contribution in [-0.4, -0.2) is 38.4 Å². The van der Waals surface area contributed by atoms with Gasteiger partial charge in [-0.25, -0.2) is 4.98 Å². The Kier molecular flexibility index (Phi) is 7.39. The van der Waals surface area contributed by atoms with E-state index in [2.05, 4.69) is 32.3 Å². The van der Waals surface area contributed by atoms with E-state index < -0.39 is 0 Å². The predicted octanol–water partition coefficient (Wildman–Crippen LogP) is 4.70. The first-order valence-electron chi connectivity index (χ1n) is 11.5. The molecule has 0 unspecified atom stereocenters. The Morgan fingerprint density at radius 2 is 1.72 bits per heavy atom. The summed E-state index contributed by atoms with van der Waals surface area (Å²) in [5, 5.41) is 10.0. The maximum absolute atomic E-state index is 12.4. The summed E-state index contributed by atoms with van der Waals surface area (Å²) in [5.41, 5.74) is 2.62. The molecule has 0 saturated heterocycles. The van der Waals surface area contributed by atoms with E-state index in [1.165, 1.54) is 11.8 Å². The molecule has 8 nitrogen and oxygen atoms in total. The van der Waals surface area contributed by atoms with E-state index in [4.69, 9.17) is 9.47 Å². The lowest BCUT2D eigenvalue weighted by Crippen LogP contribution is -2.13. The summed E-state index contributed by atoms with van der Waals surface area (Å²) >= 11 is 1.46. The number of aromatic amines is 1. The molecule has 0 saturated carbocycles. The quantitative estimate of drug-likeness (QED) is 0.278. The zero-order valence-electron chi connectivity index (χ0n) is 19.8. The lowest BCUT2D eigenvalue weighted by Gasteiger charge is -2.13. The monoisotopic (exact) mass is 499 g/mol. The molecule has 0 spiro atoms. The Labute approximate surface area is 212 Å². The molecule has 0 radical (unpaired) electrons. The highest BCUT2D eigenvalue weighted by atomic mass is 32.2. The fourth-order valence-corrected chi connectivity index (χ4v) is 4.72. The summed E-state index contributed by atoms with van der Waals surface area (Å²) in [6.45, 7) is 1.34. The number of hydrogen-bond acceptors (Lipinski definition) is 7. The van der Waals surface area contributed by atoms with E-state index in [0.717, 1.165) is 16.9 Å². The van der Waals surface area contributed by atoms with Crippen LogP contribution in [0.2, 0.25) is 0 Å². The van der Waals surface area contributed by atoms with E-state index in [-0.39, 0.29) is 12.2 Å². The third-order valence-electron chi connectivity index (χ3n) is 5.64. The Morgan fingerprint density at radius 3 is 2.58 bits per heavy atom. The molecule has 2 aromatic heterocycles. The van der Waals surface area contributed by atoms with Crippen molar-refractivity contribution in [1.29, 1.82) is 0 Å². The van der Waals surface area contributed by atoms with Gasteiger partial charge in [0.05, 0.1) is 23.3 Å². The summed E-state index contributed by atoms with van der Waals surface area (Å²) in [4.78, 5) is 19.8. The Bertz CT molecular complexity index is 1520. The molecule has 0 amide bonds. The van der Waals surface area contributed by atoms with E-state index in [1.54, 1.807) is 13.2 Å². The van der Waals surface area contributed by atoms with Gasteiger partial charge in [0.1, 0.15) is 18.2 Å². The van der Waals surface area contributed by atoms with Crippen molar-refractivity contribution >= 4 is 22.7 Å². The molecule has 5 rings (SSSR count). The number of nitrogens with zero attached hydrogens (tertiary/aromatic N) is 4. The van der Waals surface area contributed by atoms with Gasteiger partial charge in [0.25, 0.3) is 5.56 Å². The number of H-pyrrole nitrogens is 1. The predicted molar refractivity (Wildman–Crippen MR) is 140 cm³/mol. The van der Waals surface area contributed by atoms with Crippen molar-refractivity contribution < 1.29 is 9.47 Å². The lowest BCUT2D eigenvalue weighted by atomic mass is 10.1. The average Bonchev–Trinajstić information content (AvgIpc) is 3.31. The summed E-state index contributed by atoms with van der Waals surface area (Å²) in [7, 11) is 1.66. The maximum Gasteiger partial charge on any atom is 0.258 e. The first-order valence-corrected chi connectivity index (χ1v) is 12.5. The number of ether oxygens (including phenoxy) is 2. The minimum atomic E-state index is -0.150. The van der Waals surface area contributed by atoms with Crippen LogP contribution in [-0.2, 0) is 23.6 Å². The van der Waals surface area contributed by atoms with Crippen molar-refractivity contribution in [2.24, 2.45) is 0 Å². The zero-order chi connectivity index (χ0) is 24.7. The smallest absolute Gasteiger partial charge is 0.258 e. The van der Waals surface area contributed by atoms with E-state index in [0.29, 0.717) is 46.6 Å². The molecule has 0 aliphatic rings. The van der Waals surface area contributed by atoms with Crippen LogP contribution < -0.4 is 10.3 Å². The summed E-state index contributed by atoms with van der Waals surface area (Å²) in [6.07, 6.45) is 0. The third-order valence-corrected chi connectivity index (χ3v) is 6.62. The fraction of sp³-hybridized carbons (Fsp3) is 0.185. The second kappa shape index (κ2) is 11.2. The highest BCUT2D eigenvalue weighted by molar-refractivity contribution is 7.98. The molecular weight excluding hydrogens is 474 g/mol. The largest absolute Gasteiger partial charge is 0.485 e. The van der Waals surface area contributed by atoms with Crippen molar-refractivity contribution in [3.8, 4) is 16.9 Å². The first-order chi connectivity index (χ1) is 17.7. The van der Waals surface area contributed by atoms with Gasteiger partial charge in [-0.15, -0.1) is 10.2 Å². The summed E-state index contributed by atoms with van der Waals surface area (Å²) in [5.74, 6) is 2.50. The molecule has 9 heteroatoms. The highest BCUT2D eigenvalue weighted by Crippen LogP contribution is 2.30. The minimum absolute atomic E-state index is 0.150. The van der Waals surface area contributed by atoms with Gasteiger partial charge in [0.15, 0.2) is 11.0 Å². The average molecular weight is 500 g/mol. The first kappa shape index (κ1) is 23.8. The third kappa shape index (κ3) is 5.32. The Balaban J connectivity index is 1.34. The molecule has 5 aromatic rings. The van der Waals surface area contributed by atoms with Gasteiger partial charge in [-0.1, -0.05) is 72.4 Å². The number of methoxy groups -OCH3 is 1. The maximum atomic E-state index is 12.4. The van der Waals surface area contributed by atoms with Crippen molar-refractivity contribution in [1.82, 2.24) is 24.7 Å². The number of fused-ring (bicyclic) bond motifs is 1. The number of aromatic nitrogens is 5. The summed E-state index contributed by atoms with van der Waals surface area (Å²) in [6, 6.07) is 25.4. The number of hydrogen-bond donors (Lipinski definition) is 1. The van der Waals surface area contributed by atoms with Gasteiger partial charge < -0.3 is 19.0 Å². The molecule has 0 atom stereocenters. The molecule has 182 valence electrons. The number of rotatable bonds is 10. The van der Waals surface area contributed by atoms with Crippen LogP contribution >= 0.6 is 11.8 Å². The number of para-hydroxylation sites is 2. The molecule has 3 aromatic carbocycles. The number of benzene rings is 3. The van der Waals surface area contributed by atoms with E-state index >= 15 is 0 Å². The van der Waals surface area contributed by atoms with Crippen molar-refractivity contribution in [2.75, 3.05) is 13.7 Å². The van der Waals surface area contributed by atoms with Crippen LogP contribution in [0.1, 0.15) is 11.6 Å². The molecule has 36 heavy (non-hydrogen) atoms. The van der Waals surface area contributed by atoms with Gasteiger partial charge in [-0.2, -0.15) is 0 Å². The normalized spacial score (nSPS) is 11.1. The van der Waals surface area contributed by atoms with Crippen LogP contribution in [0.3, 0.4) is 0 Å². The van der Waals surface area contributed by atoms with Crippen molar-refractivity contribution in [3.63, 3.8) is 0 Å². The number of nitrogens with one attached hydrogen (secondary N) is 1. The molecule has 2 heterocycles. The van der Waals surface area contributed by atoms with Gasteiger partial charge in [0, 0.05) is 19.2 Å². The van der Waals surface area contributed by atoms with E-state index in [1.807, 2.05) is 65.2 Å². The fourth-order valence-electron chi connectivity index (χ4n) is 3.87. The van der Waals surface area contributed by atoms with Gasteiger partial charge in [0.2, 0.25) is 0 Å². The molecule has 0 fully saturated rings. The highest BCUT2D eigenvalue weighted by Gasteiger charge is 2.15. The van der Waals surface area contributed by atoms with Gasteiger partial charge >= 0.3 is 0 Å². The Morgan fingerprint density at radius 1 is 0.944 bits per heavy atom. The minimum Gasteiger partial charge on any atom is -0.485 e. The van der Waals surface area contributed by atoms with Crippen LogP contribution in [0.15, 0.2) is 88.8 Å². The van der Waals surface area contributed by atoms with Crippen molar-refractivity contribution in [2.45, 2.75) is 24.1 Å². The van der Waals surface area contributed by atoms with Crippen LogP contribution in [0.5, 0.6) is 5.75 Å². The van der Waals surface area contributed by atoms with Crippen LogP contribution in [0.25, 0.3) is 22.0 Å². The SMILES string of the molecule is COCCn1c(COc2ccccc2-c2ccccc2)nnc1SCc1nc2ccccc2c(=O)[nH]1. The molecule has 0 aliphatic carbocycles. The van der Waals surface area contributed by atoms with Crippen molar-refractivity contribution in [3.05, 3.63) is 101 Å². The standard InChI is InChI=1S/C27H25N5O3S/c1-34-16-15-32-25(17-35-23-14-8-6-11-20(23)19-9-3-2-4-10-19)30-31-27(32)36-18-24-28-22-13-7-5-12-21(22)26(33)29-24/h2-14H,15-18H2,1H3,(H,28,29,33). The lowest BCUT2D eigenvalue weighted by molar-refractivity contribution is 0.181. The summed E-state index contributed by atoms with van der Waals surface area (Å²) < 4.78 is 13.5. The molecule has 1 N–H and O–H groups in total. The topological polar surface area (TPSA) is 94.9 Å². The van der Waals surface area contributed by atoms with Crippen LogP contribution in [0, 0.1) is 0 Å². The molecular formula is C27H25N5O3S. The molecule has 0 bridgehead atoms. The second-order valence-electron chi connectivity index (χ2n) is 8.01. The molecule has 0 aliphatic heterocycles. The van der Waals surface area contributed by atoms with Crippen LogP contribution in [0.4, 0.5) is 0 Å². The van der Waals surface area contributed by atoms with E-state index in [9.17, 15) is 4.79 Å². The number of thioether (sulfide) groups is 1. The van der Waals surface area contributed by atoms with Gasteiger partial charge in [-0.3, -0.25) is 4.79 Å². The second-order valence-corrected chi connectivity index (χ2v) is 8.96. The zero-order valence-corrected chi connectivity index (χ0v) is 20.6. The Hall–Kier alpha value is -3.95. The van der Waals surface area contributed by atoms with Gasteiger partial charge in [-0.05, 0) is 23.8 Å².